The molecule has 1 aromatic carbocycles. The lowest BCUT2D eigenvalue weighted by atomic mass is 9.80. The predicted octanol–water partition coefficient (Wildman–Crippen LogP) is 3.70. The Bertz CT molecular complexity index is 2620. The second-order valence-corrected chi connectivity index (χ2v) is 25.2. The number of hydrogen-bond donors (Lipinski definition) is 13. The number of unbranched alkanes of at least 4 members (excludes halogenated alkanes) is 14. The summed E-state index contributed by atoms with van der Waals surface area (Å²) >= 11 is 0. The molecule has 16 N–H and O–H groups in total. The normalized spacial score (nSPS) is 12.6. The summed E-state index contributed by atoms with van der Waals surface area (Å²) in [7, 11) is 0. The number of rotatable bonds is 71. The van der Waals surface area contributed by atoms with Gasteiger partial charge in [0.25, 0.3) is 0 Å². The Morgan fingerprint density at radius 1 is 0.423 bits per heavy atom. The fraction of sp³-hybridized carbons (Fsp3) is 0.746. The largest absolute Gasteiger partial charge is 0.508 e. The Morgan fingerprint density at radius 2 is 0.827 bits per heavy atom. The minimum Gasteiger partial charge on any atom is -0.508 e. The van der Waals surface area contributed by atoms with E-state index in [1.165, 1.54) is 44.2 Å². The van der Waals surface area contributed by atoms with Crippen molar-refractivity contribution < 1.29 is 116 Å². The Kier molecular flexibility index (Phi) is 57.9. The molecule has 104 heavy (non-hydrogen) atoms. The van der Waals surface area contributed by atoms with Crippen LogP contribution in [0.3, 0.4) is 0 Å². The van der Waals surface area contributed by atoms with Gasteiger partial charge in [0.05, 0.1) is 79.3 Å². The summed E-state index contributed by atoms with van der Waals surface area (Å²) in [5.74, 6) is -7.31. The molecule has 33 heteroatoms. The van der Waals surface area contributed by atoms with Gasteiger partial charge < -0.3 is 108 Å². The fourth-order valence-electron chi connectivity index (χ4n) is 10.5. The van der Waals surface area contributed by atoms with E-state index in [1.54, 1.807) is 26.0 Å². The summed E-state index contributed by atoms with van der Waals surface area (Å²) in [6, 6.07) is 3.95. The molecule has 0 fully saturated rings. The number of aromatic hydroxyl groups is 1. The summed E-state index contributed by atoms with van der Waals surface area (Å²) < 4.78 is 43.0. The Labute approximate surface area is 622 Å². The maximum absolute atomic E-state index is 13.6. The summed E-state index contributed by atoms with van der Waals surface area (Å²) in [5.41, 5.74) is 17.2. The van der Waals surface area contributed by atoms with Crippen molar-refractivity contribution in [1.82, 2.24) is 37.2 Å². The minimum atomic E-state index is -1.20. The number of carboxylic acids is 2. The number of Topliss-reactive ketones (excluding diaryl/α,β-unsaturated/α-hetero) is 1. The van der Waals surface area contributed by atoms with Gasteiger partial charge in [0.15, 0.2) is 5.96 Å². The lowest BCUT2D eigenvalue weighted by Crippen LogP contribution is -2.49. The number of benzene rings is 1. The molecule has 0 radical (unpaired) electrons. The second-order valence-electron chi connectivity index (χ2n) is 25.2. The minimum absolute atomic E-state index is 0. The van der Waals surface area contributed by atoms with Gasteiger partial charge in [0.1, 0.15) is 50.0 Å². The van der Waals surface area contributed by atoms with Gasteiger partial charge in [0.2, 0.25) is 47.3 Å². The number of carbonyl (C=O) groups is 11. The van der Waals surface area contributed by atoms with E-state index in [2.05, 4.69) is 42.2 Å². The van der Waals surface area contributed by atoms with Crippen LogP contribution >= 0.6 is 0 Å². The zero-order valence-corrected chi connectivity index (χ0v) is 61.5. The van der Waals surface area contributed by atoms with Gasteiger partial charge in [-0.25, -0.2) is 4.79 Å². The molecule has 0 aliphatic heterocycles. The highest BCUT2D eigenvalue weighted by molar-refractivity contribution is 5.92. The molecule has 1 unspecified atom stereocenters. The van der Waals surface area contributed by atoms with Crippen LogP contribution in [0.1, 0.15) is 177 Å². The van der Waals surface area contributed by atoms with Crippen molar-refractivity contribution in [3.8, 4) is 5.75 Å². The molecule has 0 saturated heterocycles. The van der Waals surface area contributed by atoms with E-state index in [1.807, 2.05) is 0 Å². The van der Waals surface area contributed by atoms with Crippen LogP contribution in [0.2, 0.25) is 0 Å². The molecular formula is C71H137N11O22. The maximum Gasteiger partial charge on any atom is 0.326 e. The highest BCUT2D eigenvalue weighted by Gasteiger charge is 2.34. The van der Waals surface area contributed by atoms with Gasteiger partial charge in [0, 0.05) is 92.7 Å². The number of hydrogen-bond acceptors (Lipinski definition) is 21. The van der Waals surface area contributed by atoms with Crippen LogP contribution in [0, 0.1) is 17.8 Å². The number of nitrogens with zero attached hydrogens (tertiary/aromatic N) is 1. The van der Waals surface area contributed by atoms with Gasteiger partial charge >= 0.3 is 11.9 Å². The van der Waals surface area contributed by atoms with E-state index >= 15 is 0 Å². The lowest BCUT2D eigenvalue weighted by molar-refractivity contribution is -0.142. The van der Waals surface area contributed by atoms with Crippen LogP contribution in [0.4, 0.5) is 0 Å². The topological polar surface area (TPSA) is 497 Å². The van der Waals surface area contributed by atoms with Crippen LogP contribution < -0.4 is 54.4 Å². The number of phenolic OH excluding ortho intramolecular Hbond substituents is 1. The number of ketones is 1. The monoisotopic (exact) mass is 1500 g/mol. The molecule has 0 bridgehead atoms. The SMILES string of the molecule is CC(C(=O)[C@@H](C)CCCCNC(=O)COCCOCCNC(=O)COCCOCCNC(=O)COCCOCCNC(=O)COCCOCCNC(=O)CC[C@H](NC(=O)CCCCCCCCCCCCCCCCC(=O)O)C(=O)O)[C@@H](CCCN=C(N)N)C(=O)N[C@@H](Cc1ccc(O)cc1)C(N)=O.[HH].[HH].[HH].[HH].[HH].[HH].[HH]. The number of primary amides is 1. The number of carbonyl (C=O) groups excluding carboxylic acids is 9. The van der Waals surface area contributed by atoms with Crippen molar-refractivity contribution in [3.05, 3.63) is 29.8 Å². The summed E-state index contributed by atoms with van der Waals surface area (Å²) in [4.78, 5) is 139. The average molecular weight is 1500 g/mol. The van der Waals surface area contributed by atoms with Crippen molar-refractivity contribution >= 4 is 70.9 Å². The van der Waals surface area contributed by atoms with Crippen molar-refractivity contribution in [2.24, 2.45) is 39.9 Å². The van der Waals surface area contributed by atoms with Crippen molar-refractivity contribution in [2.45, 2.75) is 180 Å². The molecule has 608 valence electrons. The van der Waals surface area contributed by atoms with Gasteiger partial charge in [-0.3, -0.25) is 52.9 Å². The zero-order chi connectivity index (χ0) is 76.6. The number of ether oxygens (including phenoxy) is 8. The van der Waals surface area contributed by atoms with Crippen LogP contribution in [0.5, 0.6) is 5.75 Å². The van der Waals surface area contributed by atoms with E-state index in [-0.39, 0.29) is 240 Å². The second kappa shape index (κ2) is 63.8. The molecule has 0 spiro atoms. The first-order valence-electron chi connectivity index (χ1n) is 36.8. The number of carboxylic acid groups (broad SMARTS) is 2. The smallest absolute Gasteiger partial charge is 0.326 e. The van der Waals surface area contributed by atoms with Crippen LogP contribution in [0.25, 0.3) is 0 Å². The van der Waals surface area contributed by atoms with Gasteiger partial charge in [-0.05, 0) is 62.6 Å². The number of guanidine groups is 1. The molecule has 33 nitrogen and oxygen atoms in total. The van der Waals surface area contributed by atoms with E-state index in [0.29, 0.717) is 44.2 Å². The molecular weight excluding hydrogens is 1360 g/mol. The number of phenols is 1. The molecule has 0 saturated carbocycles. The van der Waals surface area contributed by atoms with E-state index in [9.17, 15) is 63.0 Å². The Hall–Kier alpha value is -7.66. The fourth-order valence-corrected chi connectivity index (χ4v) is 10.5. The molecule has 0 aliphatic carbocycles. The van der Waals surface area contributed by atoms with Crippen molar-refractivity contribution in [2.75, 3.05) is 145 Å². The average Bonchev–Trinajstić information content (AvgIpc) is 0.847. The molecule has 0 aromatic heterocycles. The standard InChI is InChI=1S/C71H123N11O22.7H2/c1-53(67(92)54(2)57(21-19-31-80-71(73)74)69(94)82-59(68(72)93)48-55-24-26-56(83)27-25-55)20-17-18-30-75-62(86)49-101-44-41-98-37-33-77-64(88)51-103-46-43-100-39-35-79-65(89)52-104-47-42-99-38-34-78-63(87)50-102-45-40-97-36-32-76-60(84)29-28-58(70(95)96)81-61(85)22-15-13-11-9-7-5-3-4-6-8-10-12-14-16-23-66(90)91;;;;;;;/h24-27,53-54,57-59,83H,3-23,28-52H2,1-2H3,(H2,72,93)(H,75,86)(H,76,84)(H,77,88)(H,78,87)(H,79,89)(H,81,85)(H,82,94)(H,90,91)(H,95,96)(H4,73,74,80);7*1H/t53-,54?,57+,58-,59-;;;;;;;/m0......./s1. The van der Waals surface area contributed by atoms with Gasteiger partial charge in [-0.2, -0.15) is 0 Å². The molecule has 1 rings (SSSR count). The first kappa shape index (κ1) is 94.4. The number of nitrogens with one attached hydrogen (secondary N) is 7. The third-order valence-corrected chi connectivity index (χ3v) is 16.3. The predicted molar refractivity (Wildman–Crippen MR) is 400 cm³/mol. The Morgan fingerprint density at radius 3 is 1.24 bits per heavy atom. The number of aliphatic imine (C=N–C) groups is 1. The quantitative estimate of drug-likeness (QED) is 0.0251. The maximum atomic E-state index is 13.6. The molecule has 5 atom stereocenters. The van der Waals surface area contributed by atoms with Gasteiger partial charge in [-0.15, -0.1) is 0 Å². The van der Waals surface area contributed by atoms with E-state index < -0.39 is 53.6 Å². The summed E-state index contributed by atoms with van der Waals surface area (Å²) in [5, 5.41) is 46.5. The van der Waals surface area contributed by atoms with E-state index in [0.717, 1.165) is 51.4 Å². The first-order chi connectivity index (χ1) is 50.1. The molecule has 0 aliphatic rings. The summed E-state index contributed by atoms with van der Waals surface area (Å²) in [6.07, 6.45) is 17.7. The lowest BCUT2D eigenvalue weighted by Gasteiger charge is -2.26. The van der Waals surface area contributed by atoms with Crippen LogP contribution in [-0.2, 0) is 97.1 Å². The third kappa shape index (κ3) is 55.8. The first-order valence-corrected chi connectivity index (χ1v) is 36.8. The molecule has 0 heterocycles. The number of aliphatic carboxylic acids is 2. The third-order valence-electron chi connectivity index (χ3n) is 16.3. The number of nitrogens with two attached hydrogens (primary N) is 3. The van der Waals surface area contributed by atoms with Crippen molar-refractivity contribution in [3.63, 3.8) is 0 Å². The zero-order valence-electron chi connectivity index (χ0n) is 61.5. The molecule has 8 amide bonds. The highest BCUT2D eigenvalue weighted by atomic mass is 16.5. The van der Waals surface area contributed by atoms with Crippen molar-refractivity contribution in [1.29, 1.82) is 0 Å². The summed E-state index contributed by atoms with van der Waals surface area (Å²) in [6.45, 7) is 6.33. The number of amides is 8. The van der Waals surface area contributed by atoms with Gasteiger partial charge in [-0.1, -0.05) is 109 Å². The van der Waals surface area contributed by atoms with E-state index in [4.69, 9.17) is 60.2 Å². The molecule has 1 aromatic rings. The van der Waals surface area contributed by atoms with Crippen LogP contribution in [0.15, 0.2) is 29.3 Å². The highest BCUT2D eigenvalue weighted by Crippen LogP contribution is 2.25. The van der Waals surface area contributed by atoms with Crippen LogP contribution in [-0.4, -0.2) is 243 Å². The Balaban J connectivity index is -0.00000309.